The lowest BCUT2D eigenvalue weighted by atomic mass is 9.94. The maximum Gasteiger partial charge on any atom is 0.251 e. The van der Waals surface area contributed by atoms with Crippen LogP contribution in [0.3, 0.4) is 0 Å². The van der Waals surface area contributed by atoms with Gasteiger partial charge in [0.15, 0.2) is 5.65 Å². The molecule has 0 unspecified atom stereocenters. The van der Waals surface area contributed by atoms with Crippen molar-refractivity contribution in [2.75, 3.05) is 20.1 Å². The van der Waals surface area contributed by atoms with E-state index in [-0.39, 0.29) is 5.91 Å². The predicted molar refractivity (Wildman–Crippen MR) is 113 cm³/mol. The lowest BCUT2D eigenvalue weighted by Gasteiger charge is -2.31. The van der Waals surface area contributed by atoms with E-state index in [0.29, 0.717) is 23.8 Å². The number of fused-ring (bicyclic) bond motifs is 1. The Hall–Kier alpha value is -2.80. The molecular formula is C22H28N6O. The molecule has 1 N–H and O–H groups in total. The van der Waals surface area contributed by atoms with Crippen molar-refractivity contribution >= 4 is 17.1 Å². The smallest absolute Gasteiger partial charge is 0.251 e. The Morgan fingerprint density at radius 2 is 2.03 bits per heavy atom. The molecule has 1 aliphatic carbocycles. The Labute approximate surface area is 171 Å². The number of nitrogens with zero attached hydrogens (tertiary/aromatic N) is 5. The molecule has 1 amide bonds. The average Bonchev–Trinajstić information content (AvgIpc) is 3.18. The molecule has 0 aliphatic heterocycles. The maximum atomic E-state index is 12.8. The second-order valence-corrected chi connectivity index (χ2v) is 7.83. The van der Waals surface area contributed by atoms with E-state index in [4.69, 9.17) is 0 Å². The number of amides is 1. The topological polar surface area (TPSA) is 75.9 Å². The molecule has 7 heteroatoms. The fourth-order valence-electron chi connectivity index (χ4n) is 4.17. The Morgan fingerprint density at radius 1 is 1.21 bits per heavy atom. The van der Waals surface area contributed by atoms with Gasteiger partial charge >= 0.3 is 0 Å². The number of rotatable bonds is 6. The van der Waals surface area contributed by atoms with Gasteiger partial charge in [0.1, 0.15) is 5.52 Å². The molecule has 1 fully saturated rings. The van der Waals surface area contributed by atoms with Crippen molar-refractivity contribution in [2.45, 2.75) is 45.1 Å². The molecule has 0 spiro atoms. The van der Waals surface area contributed by atoms with Gasteiger partial charge in [0.2, 0.25) is 0 Å². The van der Waals surface area contributed by atoms with Gasteiger partial charge in [-0.05, 0) is 56.6 Å². The summed E-state index contributed by atoms with van der Waals surface area (Å²) < 4.78 is 1.69. The number of benzene rings is 1. The summed E-state index contributed by atoms with van der Waals surface area (Å²) in [7, 11) is 2.16. The number of carbonyl (C=O) groups is 1. The van der Waals surface area contributed by atoms with Crippen LogP contribution in [-0.4, -0.2) is 57.0 Å². The summed E-state index contributed by atoms with van der Waals surface area (Å²) in [6.45, 7) is 3.45. The van der Waals surface area contributed by atoms with Gasteiger partial charge in [-0.3, -0.25) is 4.79 Å². The highest BCUT2D eigenvalue weighted by molar-refractivity contribution is 5.96. The lowest BCUT2D eigenvalue weighted by molar-refractivity contribution is 0.0944. The van der Waals surface area contributed by atoms with Gasteiger partial charge in [0, 0.05) is 30.9 Å². The number of hydrogen-bond acceptors (Lipinski definition) is 5. The number of pyridine rings is 1. The van der Waals surface area contributed by atoms with Gasteiger partial charge in [-0.25, -0.2) is 4.98 Å². The minimum absolute atomic E-state index is 0.0567. The largest absolute Gasteiger partial charge is 0.351 e. The van der Waals surface area contributed by atoms with Crippen LogP contribution in [0.2, 0.25) is 0 Å². The van der Waals surface area contributed by atoms with E-state index in [1.807, 2.05) is 37.3 Å². The molecule has 7 nitrogen and oxygen atoms in total. The molecule has 1 aromatic carbocycles. The third kappa shape index (κ3) is 4.15. The van der Waals surface area contributed by atoms with E-state index in [2.05, 4.69) is 32.6 Å². The molecule has 152 valence electrons. The molecule has 0 bridgehead atoms. The minimum Gasteiger partial charge on any atom is -0.351 e. The second-order valence-electron chi connectivity index (χ2n) is 7.83. The first-order valence-electron chi connectivity index (χ1n) is 10.4. The molecule has 2 aromatic heterocycles. The molecule has 2 heterocycles. The molecular weight excluding hydrogens is 364 g/mol. The molecule has 1 saturated carbocycles. The lowest BCUT2D eigenvalue weighted by Crippen LogP contribution is -2.39. The Bertz CT molecular complexity index is 992. The summed E-state index contributed by atoms with van der Waals surface area (Å²) in [5.41, 5.74) is 3.75. The van der Waals surface area contributed by atoms with Crippen LogP contribution in [0.1, 0.15) is 48.0 Å². The van der Waals surface area contributed by atoms with Crippen molar-refractivity contribution in [3.05, 3.63) is 47.7 Å². The average molecular weight is 393 g/mol. The van der Waals surface area contributed by atoms with E-state index in [9.17, 15) is 4.79 Å². The zero-order chi connectivity index (χ0) is 20.2. The first-order chi connectivity index (χ1) is 14.1. The third-order valence-corrected chi connectivity index (χ3v) is 5.93. The van der Waals surface area contributed by atoms with Crippen LogP contribution in [0.15, 0.2) is 36.5 Å². The number of carbonyl (C=O) groups excluding carboxylic acids is 1. The number of aromatic nitrogens is 4. The van der Waals surface area contributed by atoms with Crippen LogP contribution in [0, 0.1) is 6.92 Å². The molecule has 4 rings (SSSR count). The maximum absolute atomic E-state index is 12.8. The molecule has 0 atom stereocenters. The summed E-state index contributed by atoms with van der Waals surface area (Å²) in [6.07, 6.45) is 8.25. The zero-order valence-electron chi connectivity index (χ0n) is 17.1. The van der Waals surface area contributed by atoms with Gasteiger partial charge in [0.05, 0.1) is 5.69 Å². The summed E-state index contributed by atoms with van der Waals surface area (Å²) in [4.78, 5) is 19.6. The first-order valence-corrected chi connectivity index (χ1v) is 10.4. The van der Waals surface area contributed by atoms with Crippen molar-refractivity contribution in [2.24, 2.45) is 0 Å². The van der Waals surface area contributed by atoms with E-state index in [1.54, 1.807) is 10.9 Å². The van der Waals surface area contributed by atoms with Crippen molar-refractivity contribution in [3.63, 3.8) is 0 Å². The van der Waals surface area contributed by atoms with Crippen molar-refractivity contribution < 1.29 is 4.79 Å². The number of hydrogen-bond donors (Lipinski definition) is 1. The third-order valence-electron chi connectivity index (χ3n) is 5.93. The predicted octanol–water partition coefficient (Wildman–Crippen LogP) is 3.12. The normalized spacial score (nSPS) is 15.1. The summed E-state index contributed by atoms with van der Waals surface area (Å²) in [6, 6.07) is 10.0. The van der Waals surface area contributed by atoms with E-state index >= 15 is 0 Å². The first kappa shape index (κ1) is 19.5. The van der Waals surface area contributed by atoms with Crippen LogP contribution in [0.4, 0.5) is 0 Å². The Kier molecular flexibility index (Phi) is 5.85. The van der Waals surface area contributed by atoms with Gasteiger partial charge in [0.25, 0.3) is 5.91 Å². The van der Waals surface area contributed by atoms with Gasteiger partial charge < -0.3 is 10.2 Å². The molecule has 29 heavy (non-hydrogen) atoms. The highest BCUT2D eigenvalue weighted by atomic mass is 16.1. The second kappa shape index (κ2) is 8.69. The highest BCUT2D eigenvalue weighted by Crippen LogP contribution is 2.22. The van der Waals surface area contributed by atoms with Crippen molar-refractivity contribution in [1.82, 2.24) is 30.2 Å². The van der Waals surface area contributed by atoms with Crippen LogP contribution in [0.25, 0.3) is 16.9 Å². The molecule has 3 aromatic rings. The number of likely N-dealkylation sites (N-methyl/N-ethyl adjacent to an activating group) is 1. The fraction of sp³-hybridized carbons (Fsp3) is 0.455. The highest BCUT2D eigenvalue weighted by Gasteiger charge is 2.19. The molecule has 1 aliphatic rings. The quantitative estimate of drug-likeness (QED) is 0.698. The molecule has 0 saturated heterocycles. The van der Waals surface area contributed by atoms with E-state index in [1.165, 1.54) is 32.1 Å². The summed E-state index contributed by atoms with van der Waals surface area (Å²) >= 11 is 0. The zero-order valence-corrected chi connectivity index (χ0v) is 17.1. The Balaban J connectivity index is 1.45. The van der Waals surface area contributed by atoms with Crippen molar-refractivity contribution in [3.8, 4) is 5.69 Å². The minimum atomic E-state index is -0.0567. The van der Waals surface area contributed by atoms with Gasteiger partial charge in [-0.15, -0.1) is 5.10 Å². The van der Waals surface area contributed by atoms with Crippen molar-refractivity contribution in [1.29, 1.82) is 0 Å². The van der Waals surface area contributed by atoms with Gasteiger partial charge in [-0.2, -0.15) is 4.68 Å². The fourth-order valence-corrected chi connectivity index (χ4v) is 4.17. The molecule has 0 radical (unpaired) electrons. The summed E-state index contributed by atoms with van der Waals surface area (Å²) in [5.74, 6) is -0.0567. The van der Waals surface area contributed by atoms with Crippen LogP contribution >= 0.6 is 0 Å². The monoisotopic (exact) mass is 392 g/mol. The van der Waals surface area contributed by atoms with Gasteiger partial charge in [-0.1, -0.05) is 30.5 Å². The van der Waals surface area contributed by atoms with Crippen LogP contribution in [-0.2, 0) is 0 Å². The SMILES string of the molecule is Cc1c(C(=O)NCCN(C)C2CCCCC2)cccc1-n1nnc2cccnc21. The Morgan fingerprint density at radius 3 is 2.86 bits per heavy atom. The van der Waals surface area contributed by atoms with Crippen LogP contribution < -0.4 is 5.32 Å². The number of nitrogens with one attached hydrogen (secondary N) is 1. The standard InChI is InChI=1S/C22H28N6O/c1-16-18(22(29)24-14-15-27(2)17-8-4-3-5-9-17)10-6-12-20(16)28-21-19(25-26-28)11-7-13-23-21/h6-7,10-13,17H,3-5,8-9,14-15H2,1-2H3,(H,24,29). The van der Waals surface area contributed by atoms with Crippen LogP contribution in [0.5, 0.6) is 0 Å². The van der Waals surface area contributed by atoms with E-state index < -0.39 is 0 Å². The van der Waals surface area contributed by atoms with E-state index in [0.717, 1.165) is 23.3 Å². The summed E-state index contributed by atoms with van der Waals surface area (Å²) in [5, 5.41) is 11.5.